The summed E-state index contributed by atoms with van der Waals surface area (Å²) < 4.78 is 2.21. The van der Waals surface area contributed by atoms with Crippen LogP contribution in [-0.4, -0.2) is 4.57 Å². The molecule has 156 valence electrons. The molecule has 0 aliphatic heterocycles. The molecule has 1 heterocycles. The number of hydrogen-bond donors (Lipinski definition) is 0. The Morgan fingerprint density at radius 3 is 1.78 bits per heavy atom. The number of benzene rings is 4. The number of aryl methyl sites for hydroxylation is 1. The van der Waals surface area contributed by atoms with Crippen LogP contribution in [0.25, 0.3) is 22.2 Å². The molecule has 3 nitrogen and oxygen atoms in total. The van der Waals surface area contributed by atoms with Crippen molar-refractivity contribution in [1.29, 1.82) is 0 Å². The average Bonchev–Trinajstić information content (AvgIpc) is 2.86. The van der Waals surface area contributed by atoms with Crippen LogP contribution in [0, 0.1) is 0 Å². The Balaban J connectivity index is 1.62. The molecule has 5 aromatic rings. The Bertz CT molecular complexity index is 1370. The zero-order valence-corrected chi connectivity index (χ0v) is 18.0. The van der Waals surface area contributed by atoms with Crippen molar-refractivity contribution in [2.24, 2.45) is 0 Å². The first-order chi connectivity index (χ1) is 15.8. The number of pyridine rings is 1. The van der Waals surface area contributed by atoms with Gasteiger partial charge in [-0.3, -0.25) is 4.79 Å². The largest absolute Gasteiger partial charge is 0.341 e. The van der Waals surface area contributed by atoms with Crippen molar-refractivity contribution < 1.29 is 0 Å². The fourth-order valence-electron chi connectivity index (χ4n) is 4.29. The fourth-order valence-corrected chi connectivity index (χ4v) is 4.29. The zero-order valence-electron chi connectivity index (χ0n) is 18.0. The van der Waals surface area contributed by atoms with Crippen LogP contribution < -0.4 is 10.3 Å². The molecule has 4 aromatic carbocycles. The summed E-state index contributed by atoms with van der Waals surface area (Å²) in [6.07, 6.45) is 0. The highest BCUT2D eigenvalue weighted by atomic mass is 16.1. The van der Waals surface area contributed by atoms with Gasteiger partial charge in [-0.1, -0.05) is 60.7 Å². The molecule has 1 aromatic heterocycles. The Hall–Kier alpha value is -4.11. The first-order valence-electron chi connectivity index (χ1n) is 10.9. The summed E-state index contributed by atoms with van der Waals surface area (Å²) in [7, 11) is 0. The highest BCUT2D eigenvalue weighted by Gasteiger charge is 2.13. The maximum absolute atomic E-state index is 12.8. The summed E-state index contributed by atoms with van der Waals surface area (Å²) in [6.45, 7) is 2.90. The van der Waals surface area contributed by atoms with Crippen molar-refractivity contribution in [3.05, 3.63) is 125 Å². The van der Waals surface area contributed by atoms with Crippen LogP contribution in [0.2, 0.25) is 0 Å². The number of anilines is 3. The highest BCUT2D eigenvalue weighted by molar-refractivity contribution is 5.83. The first kappa shape index (κ1) is 19.8. The van der Waals surface area contributed by atoms with Gasteiger partial charge in [0.05, 0.1) is 11.2 Å². The Labute approximate surface area is 187 Å². The number of hydrogen-bond acceptors (Lipinski definition) is 2. The van der Waals surface area contributed by atoms with E-state index in [2.05, 4.69) is 89.2 Å². The summed E-state index contributed by atoms with van der Waals surface area (Å²) >= 11 is 0. The number of fused-ring (bicyclic) bond motifs is 1. The van der Waals surface area contributed by atoms with E-state index in [1.54, 1.807) is 6.07 Å². The van der Waals surface area contributed by atoms with E-state index in [0.29, 0.717) is 0 Å². The molecule has 32 heavy (non-hydrogen) atoms. The second kappa shape index (κ2) is 8.56. The molecule has 0 unspecified atom stereocenters. The molecule has 0 spiro atoms. The maximum Gasteiger partial charge on any atom is 0.190 e. The van der Waals surface area contributed by atoms with Gasteiger partial charge >= 0.3 is 0 Å². The van der Waals surface area contributed by atoms with E-state index in [0.717, 1.165) is 45.8 Å². The molecule has 0 aliphatic carbocycles. The predicted octanol–water partition coefficient (Wildman–Crippen LogP) is 7.16. The van der Waals surface area contributed by atoms with E-state index in [4.69, 9.17) is 0 Å². The van der Waals surface area contributed by atoms with Gasteiger partial charge in [0.25, 0.3) is 0 Å². The van der Waals surface area contributed by atoms with Crippen LogP contribution in [-0.2, 0) is 6.54 Å². The third-order valence-electron chi connectivity index (χ3n) is 5.79. The lowest BCUT2D eigenvalue weighted by atomic mass is 10.1. The normalized spacial score (nSPS) is 10.9. The molecular formula is C29H24N2O. The van der Waals surface area contributed by atoms with Crippen LogP contribution >= 0.6 is 0 Å². The minimum Gasteiger partial charge on any atom is -0.341 e. The van der Waals surface area contributed by atoms with E-state index >= 15 is 0 Å². The number of nitrogens with zero attached hydrogens (tertiary/aromatic N) is 2. The van der Waals surface area contributed by atoms with Crippen LogP contribution in [0.3, 0.4) is 0 Å². The van der Waals surface area contributed by atoms with Crippen molar-refractivity contribution in [2.75, 3.05) is 4.90 Å². The number of rotatable bonds is 5. The van der Waals surface area contributed by atoms with Gasteiger partial charge in [0.1, 0.15) is 0 Å². The molecular weight excluding hydrogens is 392 g/mol. The second-order valence-electron chi connectivity index (χ2n) is 7.71. The predicted molar refractivity (Wildman–Crippen MR) is 134 cm³/mol. The fraction of sp³-hybridized carbons (Fsp3) is 0.0690. The molecule has 0 atom stereocenters. The maximum atomic E-state index is 12.8. The van der Waals surface area contributed by atoms with E-state index in [1.807, 2.05) is 36.4 Å². The number of aromatic nitrogens is 1. The summed E-state index contributed by atoms with van der Waals surface area (Å²) in [5, 5.41) is 0.758. The molecule has 0 fully saturated rings. The van der Waals surface area contributed by atoms with Crippen molar-refractivity contribution in [1.82, 2.24) is 4.57 Å². The zero-order chi connectivity index (χ0) is 21.9. The van der Waals surface area contributed by atoms with Crippen molar-refractivity contribution in [2.45, 2.75) is 13.5 Å². The van der Waals surface area contributed by atoms with Gasteiger partial charge in [0.15, 0.2) is 5.43 Å². The molecule has 0 N–H and O–H groups in total. The SMILES string of the molecule is CCn1c(-c2ccc(N(c3ccccc3)c3ccccc3)cc2)cc(=O)c2ccccc21. The van der Waals surface area contributed by atoms with Gasteiger partial charge in [0.2, 0.25) is 0 Å². The van der Waals surface area contributed by atoms with Gasteiger partial charge in [-0.2, -0.15) is 0 Å². The third-order valence-corrected chi connectivity index (χ3v) is 5.79. The smallest absolute Gasteiger partial charge is 0.190 e. The van der Waals surface area contributed by atoms with Gasteiger partial charge in [0, 0.05) is 35.1 Å². The van der Waals surface area contributed by atoms with Crippen LogP contribution in [0.1, 0.15) is 6.92 Å². The van der Waals surface area contributed by atoms with Crippen molar-refractivity contribution in [3.8, 4) is 11.3 Å². The lowest BCUT2D eigenvalue weighted by Crippen LogP contribution is -2.11. The van der Waals surface area contributed by atoms with Gasteiger partial charge in [-0.05, 0) is 61.0 Å². The summed E-state index contributed by atoms with van der Waals surface area (Å²) in [4.78, 5) is 15.0. The van der Waals surface area contributed by atoms with Crippen molar-refractivity contribution in [3.63, 3.8) is 0 Å². The minimum absolute atomic E-state index is 0.0552. The standard InChI is InChI=1S/C29H24N2O/c1-2-30-27-16-10-9-15-26(27)29(32)21-28(30)22-17-19-25(20-18-22)31(23-11-5-3-6-12-23)24-13-7-4-8-14-24/h3-21H,2H2,1H3. The number of para-hydroxylation sites is 3. The average molecular weight is 417 g/mol. The Morgan fingerprint density at radius 2 is 1.19 bits per heavy atom. The molecule has 0 amide bonds. The highest BCUT2D eigenvalue weighted by Crippen LogP contribution is 2.35. The van der Waals surface area contributed by atoms with Crippen LogP contribution in [0.5, 0.6) is 0 Å². The lowest BCUT2D eigenvalue weighted by molar-refractivity contribution is 0.796. The molecule has 0 aliphatic rings. The molecule has 3 heteroatoms. The minimum atomic E-state index is 0.0552. The molecule has 0 bridgehead atoms. The third kappa shape index (κ3) is 3.58. The quantitative estimate of drug-likeness (QED) is 0.304. The van der Waals surface area contributed by atoms with Gasteiger partial charge in [-0.15, -0.1) is 0 Å². The summed E-state index contributed by atoms with van der Waals surface area (Å²) in [5.74, 6) is 0. The van der Waals surface area contributed by atoms with E-state index in [1.165, 1.54) is 0 Å². The van der Waals surface area contributed by atoms with Gasteiger partial charge < -0.3 is 9.47 Å². The lowest BCUT2D eigenvalue weighted by Gasteiger charge is -2.25. The Morgan fingerprint density at radius 1 is 0.656 bits per heavy atom. The van der Waals surface area contributed by atoms with Crippen LogP contribution in [0.15, 0.2) is 120 Å². The van der Waals surface area contributed by atoms with E-state index in [-0.39, 0.29) is 5.43 Å². The second-order valence-corrected chi connectivity index (χ2v) is 7.71. The molecule has 5 rings (SSSR count). The van der Waals surface area contributed by atoms with Crippen LogP contribution in [0.4, 0.5) is 17.1 Å². The van der Waals surface area contributed by atoms with E-state index < -0.39 is 0 Å². The molecule has 0 saturated heterocycles. The topological polar surface area (TPSA) is 25.2 Å². The van der Waals surface area contributed by atoms with Gasteiger partial charge in [-0.25, -0.2) is 0 Å². The first-order valence-corrected chi connectivity index (χ1v) is 10.9. The summed E-state index contributed by atoms with van der Waals surface area (Å²) in [6, 6.07) is 38.7. The molecule has 0 saturated carbocycles. The summed E-state index contributed by atoms with van der Waals surface area (Å²) in [5.41, 5.74) is 6.26. The molecule has 0 radical (unpaired) electrons. The van der Waals surface area contributed by atoms with E-state index in [9.17, 15) is 4.79 Å². The Kier molecular flexibility index (Phi) is 5.30. The van der Waals surface area contributed by atoms with Crippen molar-refractivity contribution >= 4 is 28.0 Å². The monoisotopic (exact) mass is 416 g/mol.